The molecule has 1 rings (SSSR count). The minimum Gasteiger partial charge on any atom is -0.378 e. The monoisotopic (exact) mass is 137 g/mol. The maximum atomic E-state index is 12.6. The number of anilines is 1. The van der Waals surface area contributed by atoms with Crippen molar-refractivity contribution in [3.05, 3.63) is 36.6 Å². The number of hydrogen-bond acceptors (Lipinski definition) is 1. The van der Waals surface area contributed by atoms with Crippen LogP contribution in [0.4, 0.5) is 10.1 Å². The lowest BCUT2D eigenvalue weighted by atomic mass is 10.2. The maximum absolute atomic E-state index is 12.6. The highest BCUT2D eigenvalue weighted by molar-refractivity contribution is 5.45. The van der Waals surface area contributed by atoms with E-state index in [0.29, 0.717) is 5.56 Å². The molecule has 0 aliphatic heterocycles. The van der Waals surface area contributed by atoms with E-state index in [2.05, 4.69) is 5.32 Å². The van der Waals surface area contributed by atoms with Crippen molar-refractivity contribution in [1.29, 1.82) is 0 Å². The van der Waals surface area contributed by atoms with Crippen molar-refractivity contribution in [3.8, 4) is 0 Å². The lowest BCUT2D eigenvalue weighted by molar-refractivity contribution is 0.619. The van der Waals surface area contributed by atoms with E-state index in [1.807, 2.05) is 0 Å². The van der Waals surface area contributed by atoms with Gasteiger partial charge in [0, 0.05) is 5.69 Å². The molecule has 10 heavy (non-hydrogen) atoms. The predicted molar refractivity (Wildman–Crippen MR) is 39.1 cm³/mol. The minimum absolute atomic E-state index is 0.209. The summed E-state index contributed by atoms with van der Waals surface area (Å²) in [5.74, 6) is -0.209. The van der Waals surface area contributed by atoms with Crippen molar-refractivity contribution in [1.82, 2.24) is 0 Å². The third-order valence-electron chi connectivity index (χ3n) is 1.32. The van der Waals surface area contributed by atoms with Gasteiger partial charge in [-0.25, -0.2) is 4.39 Å². The third-order valence-corrected chi connectivity index (χ3v) is 1.32. The van der Waals surface area contributed by atoms with E-state index in [9.17, 15) is 4.39 Å². The van der Waals surface area contributed by atoms with Crippen LogP contribution in [0.1, 0.15) is 5.56 Å². The van der Waals surface area contributed by atoms with E-state index in [-0.39, 0.29) is 5.82 Å². The second kappa shape index (κ2) is 2.69. The summed E-state index contributed by atoms with van der Waals surface area (Å²) in [7, 11) is 5.10. The summed E-state index contributed by atoms with van der Waals surface area (Å²) in [4.78, 5) is 0. The van der Waals surface area contributed by atoms with Gasteiger partial charge in [0.1, 0.15) is 5.82 Å². The Morgan fingerprint density at radius 1 is 1.50 bits per heavy atom. The third kappa shape index (κ3) is 1.26. The Balaban J connectivity index is 3.04. The number of hydrogen-bond donors (Lipinski definition) is 1. The number of rotatable bonds is 1. The van der Waals surface area contributed by atoms with E-state index in [0.717, 1.165) is 5.69 Å². The normalized spacial score (nSPS) is 9.50. The van der Waals surface area contributed by atoms with Crippen molar-refractivity contribution < 1.29 is 4.39 Å². The molecule has 0 unspecified atom stereocenters. The summed E-state index contributed by atoms with van der Waals surface area (Å²) in [5, 5.41) is 2.43. The molecule has 1 nitrogen and oxygen atoms in total. The average molecular weight is 137 g/mol. The van der Waals surface area contributed by atoms with Crippen LogP contribution in [-0.4, -0.2) is 0 Å². The standard InChI is InChI=1S/C8H8FN/c1-6-5-7(10-2)3-4-8(6)9/h2-5,10H,1H3. The van der Waals surface area contributed by atoms with Gasteiger partial charge in [0.25, 0.3) is 0 Å². The molecule has 0 saturated carbocycles. The Labute approximate surface area is 59.9 Å². The summed E-state index contributed by atoms with van der Waals surface area (Å²) >= 11 is 0. The first-order valence-corrected chi connectivity index (χ1v) is 2.97. The molecular formula is C8H8FN. The molecule has 0 bridgehead atoms. The van der Waals surface area contributed by atoms with Crippen molar-refractivity contribution in [2.45, 2.75) is 6.92 Å². The molecule has 0 saturated heterocycles. The van der Waals surface area contributed by atoms with Gasteiger partial charge < -0.3 is 5.32 Å². The molecule has 1 N–H and O–H groups in total. The van der Waals surface area contributed by atoms with Gasteiger partial charge in [-0.15, -0.1) is 0 Å². The van der Waals surface area contributed by atoms with Gasteiger partial charge in [-0.1, -0.05) is 0 Å². The molecule has 0 amide bonds. The molecule has 0 atom stereocenters. The molecular weight excluding hydrogens is 129 g/mol. The second-order valence-corrected chi connectivity index (χ2v) is 2.11. The fourth-order valence-corrected chi connectivity index (χ4v) is 0.734. The predicted octanol–water partition coefficient (Wildman–Crippen LogP) is 2.21. The number of aryl methyl sites for hydroxylation is 1. The Morgan fingerprint density at radius 2 is 2.20 bits per heavy atom. The van der Waals surface area contributed by atoms with E-state index >= 15 is 0 Å². The van der Waals surface area contributed by atoms with Crippen LogP contribution in [0.2, 0.25) is 0 Å². The van der Waals surface area contributed by atoms with Crippen molar-refractivity contribution >= 4 is 5.69 Å². The van der Waals surface area contributed by atoms with Crippen molar-refractivity contribution in [2.75, 3.05) is 5.32 Å². The molecule has 1 aromatic carbocycles. The molecule has 0 aliphatic carbocycles. The number of benzene rings is 1. The van der Waals surface area contributed by atoms with Crippen molar-refractivity contribution in [2.24, 2.45) is 0 Å². The average Bonchev–Trinajstić information content (AvgIpc) is 1.95. The van der Waals surface area contributed by atoms with Crippen LogP contribution in [0.3, 0.4) is 0 Å². The van der Waals surface area contributed by atoms with Crippen LogP contribution in [-0.2, 0) is 0 Å². The molecule has 2 radical (unpaired) electrons. The summed E-state index contributed by atoms with van der Waals surface area (Å²) in [6.45, 7) is 1.69. The Bertz CT molecular complexity index is 233. The Morgan fingerprint density at radius 3 is 2.70 bits per heavy atom. The molecule has 0 heterocycles. The molecule has 0 aliphatic rings. The lowest BCUT2D eigenvalue weighted by Crippen LogP contribution is -1.87. The fraction of sp³-hybridized carbons (Fsp3) is 0.125. The summed E-state index contributed by atoms with van der Waals surface area (Å²) in [6, 6.07) is 4.61. The first kappa shape index (κ1) is 7.06. The summed E-state index contributed by atoms with van der Waals surface area (Å²) < 4.78 is 12.6. The van der Waals surface area contributed by atoms with Gasteiger partial charge >= 0.3 is 0 Å². The molecule has 1 aromatic rings. The van der Waals surface area contributed by atoms with Crippen LogP contribution >= 0.6 is 0 Å². The maximum Gasteiger partial charge on any atom is 0.126 e. The Hall–Kier alpha value is -1.05. The van der Waals surface area contributed by atoms with E-state index in [1.54, 1.807) is 19.1 Å². The lowest BCUT2D eigenvalue weighted by Gasteiger charge is -2.00. The van der Waals surface area contributed by atoms with Gasteiger partial charge in [0.15, 0.2) is 0 Å². The zero-order valence-electron chi connectivity index (χ0n) is 5.69. The second-order valence-electron chi connectivity index (χ2n) is 2.11. The highest BCUT2D eigenvalue weighted by atomic mass is 19.1. The zero-order valence-corrected chi connectivity index (χ0v) is 5.69. The number of nitrogens with one attached hydrogen (secondary N) is 1. The molecule has 2 heteroatoms. The summed E-state index contributed by atoms with van der Waals surface area (Å²) in [5.41, 5.74) is 1.31. The smallest absolute Gasteiger partial charge is 0.126 e. The summed E-state index contributed by atoms with van der Waals surface area (Å²) in [6.07, 6.45) is 0. The van der Waals surface area contributed by atoms with Crippen LogP contribution in [0, 0.1) is 19.8 Å². The fourth-order valence-electron chi connectivity index (χ4n) is 0.734. The zero-order chi connectivity index (χ0) is 7.56. The van der Waals surface area contributed by atoms with Gasteiger partial charge in [-0.05, 0) is 30.7 Å². The van der Waals surface area contributed by atoms with Gasteiger partial charge in [0.2, 0.25) is 0 Å². The highest BCUT2D eigenvalue weighted by Crippen LogP contribution is 2.12. The molecule has 0 fully saturated rings. The van der Waals surface area contributed by atoms with Crippen LogP contribution < -0.4 is 5.32 Å². The van der Waals surface area contributed by atoms with Crippen LogP contribution in [0.25, 0.3) is 0 Å². The first-order valence-electron chi connectivity index (χ1n) is 2.97. The van der Waals surface area contributed by atoms with E-state index < -0.39 is 0 Å². The molecule has 52 valence electrons. The first-order chi connectivity index (χ1) is 4.74. The van der Waals surface area contributed by atoms with Crippen LogP contribution in [0.5, 0.6) is 0 Å². The highest BCUT2D eigenvalue weighted by Gasteiger charge is 1.95. The SMILES string of the molecule is [CH]Nc1ccc(F)c(C)c1. The van der Waals surface area contributed by atoms with Gasteiger partial charge in [-0.2, -0.15) is 0 Å². The minimum atomic E-state index is -0.209. The van der Waals surface area contributed by atoms with Crippen LogP contribution in [0.15, 0.2) is 18.2 Å². The van der Waals surface area contributed by atoms with E-state index in [4.69, 9.17) is 7.05 Å². The Kier molecular flexibility index (Phi) is 1.90. The van der Waals surface area contributed by atoms with Gasteiger partial charge in [0.05, 0.1) is 7.05 Å². The van der Waals surface area contributed by atoms with E-state index in [1.165, 1.54) is 6.07 Å². The van der Waals surface area contributed by atoms with Gasteiger partial charge in [-0.3, -0.25) is 0 Å². The molecule has 0 aromatic heterocycles. The number of halogens is 1. The van der Waals surface area contributed by atoms with Crippen molar-refractivity contribution in [3.63, 3.8) is 0 Å². The topological polar surface area (TPSA) is 12.0 Å². The quantitative estimate of drug-likeness (QED) is 0.585. The largest absolute Gasteiger partial charge is 0.378 e. The molecule has 0 spiro atoms.